The molecule has 1 unspecified atom stereocenters. The number of methoxy groups -OCH3 is 1. The molecule has 1 heterocycles. The van der Waals surface area contributed by atoms with Gasteiger partial charge in [-0.25, -0.2) is 0 Å². The van der Waals surface area contributed by atoms with Gasteiger partial charge in [0.25, 0.3) is 0 Å². The van der Waals surface area contributed by atoms with Gasteiger partial charge in [0, 0.05) is 7.11 Å². The predicted octanol–water partition coefficient (Wildman–Crippen LogP) is -3.28. The van der Waals surface area contributed by atoms with Crippen LogP contribution in [0.2, 0.25) is 0 Å². The summed E-state index contributed by atoms with van der Waals surface area (Å²) in [5.74, 6) is 0. The van der Waals surface area contributed by atoms with Gasteiger partial charge >= 0.3 is 0 Å². The highest BCUT2D eigenvalue weighted by molar-refractivity contribution is 4.97. The highest BCUT2D eigenvalue weighted by Crippen LogP contribution is 2.27. The summed E-state index contributed by atoms with van der Waals surface area (Å²) < 4.78 is 9.45. The summed E-state index contributed by atoms with van der Waals surface area (Å²) in [6, 6.07) is 0. The van der Waals surface area contributed by atoms with Crippen molar-refractivity contribution in [3.8, 4) is 0 Å². The van der Waals surface area contributed by atoms with Gasteiger partial charge < -0.3 is 29.9 Å². The summed E-state index contributed by atoms with van der Waals surface area (Å²) in [6.07, 6.45) is -5.63. The summed E-state index contributed by atoms with van der Waals surface area (Å²) >= 11 is 0. The van der Waals surface area contributed by atoms with Gasteiger partial charge in [-0.3, -0.25) is 5.73 Å². The molecule has 0 aromatic heterocycles. The zero-order valence-corrected chi connectivity index (χ0v) is 7.70. The van der Waals surface area contributed by atoms with Crippen molar-refractivity contribution in [3.63, 3.8) is 0 Å². The molecule has 1 aliphatic rings. The van der Waals surface area contributed by atoms with E-state index in [1.165, 1.54) is 7.11 Å². The fraction of sp³-hybridized carbons (Fsp3) is 1.00. The molecule has 1 fully saturated rings. The van der Waals surface area contributed by atoms with E-state index in [2.05, 4.69) is 4.74 Å². The van der Waals surface area contributed by atoms with E-state index in [4.69, 9.17) is 15.6 Å². The molecule has 5 atom stereocenters. The van der Waals surface area contributed by atoms with Gasteiger partial charge in [0.2, 0.25) is 6.29 Å². The van der Waals surface area contributed by atoms with E-state index >= 15 is 0 Å². The Balaban J connectivity index is 2.84. The molecule has 0 aromatic rings. The Morgan fingerprint density at radius 2 is 2.00 bits per heavy atom. The fourth-order valence-electron chi connectivity index (χ4n) is 1.34. The van der Waals surface area contributed by atoms with Crippen LogP contribution in [0.25, 0.3) is 0 Å². The average molecular weight is 209 g/mol. The van der Waals surface area contributed by atoms with E-state index in [1.807, 2.05) is 0 Å². The highest BCUT2D eigenvalue weighted by atomic mass is 16.7. The van der Waals surface area contributed by atoms with Gasteiger partial charge in [-0.1, -0.05) is 0 Å². The van der Waals surface area contributed by atoms with Gasteiger partial charge in [0.15, 0.2) is 5.72 Å². The smallest absolute Gasteiger partial charge is 0.201 e. The summed E-state index contributed by atoms with van der Waals surface area (Å²) in [5.41, 5.74) is 3.58. The SMILES string of the molecule is CO[C@]1(N)C(O)O[C@H](CO)[C@@H](O)[C@@H]1O. The third kappa shape index (κ3) is 1.63. The van der Waals surface area contributed by atoms with Crippen molar-refractivity contribution in [3.05, 3.63) is 0 Å². The Morgan fingerprint density at radius 1 is 1.43 bits per heavy atom. The first-order chi connectivity index (χ1) is 6.47. The zero-order chi connectivity index (χ0) is 10.9. The highest BCUT2D eigenvalue weighted by Gasteiger charge is 2.53. The number of hydrogen-bond donors (Lipinski definition) is 5. The predicted molar refractivity (Wildman–Crippen MR) is 43.9 cm³/mol. The molecule has 14 heavy (non-hydrogen) atoms. The minimum Gasteiger partial charge on any atom is -0.394 e. The van der Waals surface area contributed by atoms with E-state index < -0.39 is 36.9 Å². The van der Waals surface area contributed by atoms with Crippen LogP contribution in [0.5, 0.6) is 0 Å². The lowest BCUT2D eigenvalue weighted by Gasteiger charge is -2.45. The minimum atomic E-state index is -1.88. The second-order valence-corrected chi connectivity index (χ2v) is 3.20. The van der Waals surface area contributed by atoms with Gasteiger partial charge in [-0.15, -0.1) is 0 Å². The van der Waals surface area contributed by atoms with Crippen LogP contribution >= 0.6 is 0 Å². The van der Waals surface area contributed by atoms with E-state index in [0.717, 1.165) is 0 Å². The fourth-order valence-corrected chi connectivity index (χ4v) is 1.34. The molecule has 0 aliphatic carbocycles. The van der Waals surface area contributed by atoms with E-state index in [-0.39, 0.29) is 0 Å². The molecule has 0 spiro atoms. The molecule has 7 heteroatoms. The Hall–Kier alpha value is -0.280. The van der Waals surface area contributed by atoms with Crippen LogP contribution in [0.15, 0.2) is 0 Å². The molecule has 7 nitrogen and oxygen atoms in total. The van der Waals surface area contributed by atoms with Crippen molar-refractivity contribution in [2.24, 2.45) is 5.73 Å². The molecule has 0 bridgehead atoms. The molecule has 0 amide bonds. The third-order valence-electron chi connectivity index (χ3n) is 2.39. The molecule has 0 radical (unpaired) electrons. The van der Waals surface area contributed by atoms with Gasteiger partial charge in [-0.05, 0) is 0 Å². The maximum absolute atomic E-state index is 9.52. The Kier molecular flexibility index (Phi) is 3.43. The van der Waals surface area contributed by atoms with Crippen molar-refractivity contribution in [1.82, 2.24) is 0 Å². The zero-order valence-electron chi connectivity index (χ0n) is 7.70. The van der Waals surface area contributed by atoms with E-state index in [1.54, 1.807) is 0 Å². The standard InChI is InChI=1S/C7H15NO6/c1-13-7(8)5(11)4(10)3(2-9)14-6(7)12/h3-6,9-12H,2,8H2,1H3/t3-,4-,5+,6?,7+/m1/s1. The van der Waals surface area contributed by atoms with Crippen molar-refractivity contribution in [1.29, 1.82) is 0 Å². The Morgan fingerprint density at radius 3 is 2.43 bits per heavy atom. The first-order valence-electron chi connectivity index (χ1n) is 4.12. The number of aliphatic hydroxyl groups is 4. The van der Waals surface area contributed by atoms with Crippen LogP contribution in [0.4, 0.5) is 0 Å². The van der Waals surface area contributed by atoms with Gasteiger partial charge in [-0.2, -0.15) is 0 Å². The van der Waals surface area contributed by atoms with Crippen LogP contribution in [-0.2, 0) is 9.47 Å². The first-order valence-corrected chi connectivity index (χ1v) is 4.12. The summed E-state index contributed by atoms with van der Waals surface area (Å²) in [4.78, 5) is 0. The maximum Gasteiger partial charge on any atom is 0.201 e. The molecule has 6 N–H and O–H groups in total. The van der Waals surface area contributed by atoms with Gasteiger partial charge in [0.1, 0.15) is 18.3 Å². The third-order valence-corrected chi connectivity index (χ3v) is 2.39. The van der Waals surface area contributed by atoms with Crippen LogP contribution in [0.3, 0.4) is 0 Å². The van der Waals surface area contributed by atoms with Crippen LogP contribution in [0.1, 0.15) is 0 Å². The van der Waals surface area contributed by atoms with Crippen LogP contribution < -0.4 is 5.73 Å². The molecule has 1 saturated heterocycles. The molecule has 0 saturated carbocycles. The topological polar surface area (TPSA) is 125 Å². The Bertz CT molecular complexity index is 203. The quantitative estimate of drug-likeness (QED) is 0.302. The number of aliphatic hydroxyl groups excluding tert-OH is 4. The first kappa shape index (κ1) is 11.8. The largest absolute Gasteiger partial charge is 0.394 e. The lowest BCUT2D eigenvalue weighted by Crippen LogP contribution is -2.71. The molecule has 0 aromatic carbocycles. The molecular weight excluding hydrogens is 194 g/mol. The normalized spacial score (nSPS) is 49.3. The summed E-state index contributed by atoms with van der Waals surface area (Å²) in [7, 11) is 1.17. The second kappa shape index (κ2) is 4.07. The maximum atomic E-state index is 9.52. The summed E-state index contributed by atoms with van der Waals surface area (Å²) in [5, 5.41) is 37.0. The van der Waals surface area contributed by atoms with Crippen molar-refractivity contribution in [2.45, 2.75) is 30.3 Å². The van der Waals surface area contributed by atoms with Crippen LogP contribution in [-0.4, -0.2) is 64.5 Å². The second-order valence-electron chi connectivity index (χ2n) is 3.20. The van der Waals surface area contributed by atoms with Crippen molar-refractivity contribution in [2.75, 3.05) is 13.7 Å². The number of nitrogens with two attached hydrogens (primary N) is 1. The van der Waals surface area contributed by atoms with E-state index in [0.29, 0.717) is 0 Å². The van der Waals surface area contributed by atoms with E-state index in [9.17, 15) is 15.3 Å². The number of ether oxygens (including phenoxy) is 2. The monoisotopic (exact) mass is 209 g/mol. The number of rotatable bonds is 2. The Labute approximate surface area is 80.7 Å². The molecular formula is C7H15NO6. The average Bonchev–Trinajstić information content (AvgIpc) is 2.20. The number of hydrogen-bond acceptors (Lipinski definition) is 7. The molecule has 84 valence electrons. The lowest BCUT2D eigenvalue weighted by atomic mass is 9.94. The molecule has 1 aliphatic heterocycles. The summed E-state index contributed by atoms with van der Waals surface area (Å²) in [6.45, 7) is -0.533. The van der Waals surface area contributed by atoms with Crippen LogP contribution in [0, 0.1) is 0 Å². The van der Waals surface area contributed by atoms with Crippen molar-refractivity contribution < 1.29 is 29.9 Å². The molecule has 1 rings (SSSR count). The van der Waals surface area contributed by atoms with Crippen molar-refractivity contribution >= 4 is 0 Å². The van der Waals surface area contributed by atoms with Gasteiger partial charge in [0.05, 0.1) is 6.61 Å². The minimum absolute atomic E-state index is 0.533. The lowest BCUT2D eigenvalue weighted by molar-refractivity contribution is -0.333.